The van der Waals surface area contributed by atoms with E-state index >= 15 is 0 Å². The van der Waals surface area contributed by atoms with Crippen LogP contribution in [-0.2, 0) is 0 Å². The van der Waals surface area contributed by atoms with E-state index < -0.39 is 0 Å². The topological polar surface area (TPSA) is 96.2 Å². The Bertz CT molecular complexity index is 561. The minimum Gasteiger partial charge on any atom is -0.448 e. The van der Waals surface area contributed by atoms with E-state index in [1.165, 1.54) is 6.21 Å². The maximum Gasteiger partial charge on any atom is 0.271 e. The first-order valence-electron chi connectivity index (χ1n) is 4.20. The first kappa shape index (κ1) is 10.6. The molecular formula is C8H6BrN5O2. The highest BCUT2D eigenvalue weighted by molar-refractivity contribution is 9.10. The van der Waals surface area contributed by atoms with Crippen molar-refractivity contribution in [2.24, 2.45) is 5.10 Å². The van der Waals surface area contributed by atoms with Crippen LogP contribution >= 0.6 is 15.9 Å². The van der Waals surface area contributed by atoms with Gasteiger partial charge in [-0.2, -0.15) is 5.10 Å². The van der Waals surface area contributed by atoms with E-state index in [2.05, 4.69) is 41.6 Å². The summed E-state index contributed by atoms with van der Waals surface area (Å²) in [5.74, 6) is 0.722. The molecule has 0 saturated heterocycles. The van der Waals surface area contributed by atoms with Gasteiger partial charge >= 0.3 is 0 Å². The van der Waals surface area contributed by atoms with Gasteiger partial charge in [0.2, 0.25) is 5.95 Å². The zero-order valence-electron chi connectivity index (χ0n) is 7.85. The average Bonchev–Trinajstić information content (AvgIpc) is 2.64. The molecule has 0 amide bonds. The summed E-state index contributed by atoms with van der Waals surface area (Å²) in [5.41, 5.74) is 2.15. The van der Waals surface area contributed by atoms with E-state index in [9.17, 15) is 4.79 Å². The van der Waals surface area contributed by atoms with Crippen molar-refractivity contribution in [1.29, 1.82) is 0 Å². The van der Waals surface area contributed by atoms with Crippen LogP contribution in [0.4, 0.5) is 5.95 Å². The number of aromatic amines is 1. The van der Waals surface area contributed by atoms with Crippen molar-refractivity contribution < 1.29 is 4.42 Å². The SMILES string of the molecule is O=c1cnnc(N/N=C/c2ccc(Br)o2)[nH]1. The quantitative estimate of drug-likeness (QED) is 0.646. The molecule has 0 unspecified atom stereocenters. The molecule has 2 rings (SSSR count). The van der Waals surface area contributed by atoms with Gasteiger partial charge in [0.15, 0.2) is 4.67 Å². The number of hydrogen-bond donors (Lipinski definition) is 2. The highest BCUT2D eigenvalue weighted by atomic mass is 79.9. The third-order valence-corrected chi connectivity index (χ3v) is 1.96. The number of nitrogens with zero attached hydrogens (tertiary/aromatic N) is 3. The molecule has 0 fully saturated rings. The lowest BCUT2D eigenvalue weighted by atomic mass is 10.5. The lowest BCUT2D eigenvalue weighted by Crippen LogP contribution is -2.10. The summed E-state index contributed by atoms with van der Waals surface area (Å²) in [5, 5.41) is 10.9. The zero-order valence-corrected chi connectivity index (χ0v) is 9.43. The molecule has 2 aromatic heterocycles. The van der Waals surface area contributed by atoms with Crippen molar-refractivity contribution in [2.75, 3.05) is 5.43 Å². The van der Waals surface area contributed by atoms with Crippen LogP contribution in [0.1, 0.15) is 5.76 Å². The molecule has 82 valence electrons. The van der Waals surface area contributed by atoms with Gasteiger partial charge in [-0.15, -0.1) is 10.2 Å². The molecular weight excluding hydrogens is 278 g/mol. The molecule has 0 saturated carbocycles. The van der Waals surface area contributed by atoms with Crippen LogP contribution < -0.4 is 11.0 Å². The first-order valence-corrected chi connectivity index (χ1v) is 5.00. The highest BCUT2D eigenvalue weighted by Crippen LogP contribution is 2.12. The van der Waals surface area contributed by atoms with Gasteiger partial charge < -0.3 is 4.42 Å². The highest BCUT2D eigenvalue weighted by Gasteiger charge is 1.95. The minimum absolute atomic E-state index is 0.161. The van der Waals surface area contributed by atoms with E-state index in [0.29, 0.717) is 10.4 Å². The maximum absolute atomic E-state index is 10.9. The van der Waals surface area contributed by atoms with Crippen LogP contribution in [0.5, 0.6) is 0 Å². The van der Waals surface area contributed by atoms with Gasteiger partial charge in [-0.25, -0.2) is 5.43 Å². The Labute approximate surface area is 97.7 Å². The molecule has 7 nitrogen and oxygen atoms in total. The van der Waals surface area contributed by atoms with Crippen LogP contribution in [0.25, 0.3) is 0 Å². The van der Waals surface area contributed by atoms with Crippen LogP contribution in [0.15, 0.2) is 37.3 Å². The van der Waals surface area contributed by atoms with Gasteiger partial charge in [0.05, 0.1) is 6.21 Å². The molecule has 2 heterocycles. The van der Waals surface area contributed by atoms with Gasteiger partial charge in [0.1, 0.15) is 12.0 Å². The van der Waals surface area contributed by atoms with Crippen molar-refractivity contribution in [3.63, 3.8) is 0 Å². The lowest BCUT2D eigenvalue weighted by Gasteiger charge is -1.94. The van der Waals surface area contributed by atoms with E-state index in [0.717, 1.165) is 6.20 Å². The molecule has 0 aliphatic heterocycles. The maximum atomic E-state index is 10.9. The van der Waals surface area contributed by atoms with E-state index in [4.69, 9.17) is 4.42 Å². The molecule has 0 aliphatic rings. The third-order valence-electron chi connectivity index (χ3n) is 1.53. The Morgan fingerprint density at radius 2 is 2.44 bits per heavy atom. The summed E-state index contributed by atoms with van der Waals surface area (Å²) in [6.45, 7) is 0. The fourth-order valence-corrected chi connectivity index (χ4v) is 1.24. The van der Waals surface area contributed by atoms with Crippen molar-refractivity contribution in [2.45, 2.75) is 0 Å². The Kier molecular flexibility index (Phi) is 3.10. The molecule has 0 radical (unpaired) electrons. The van der Waals surface area contributed by atoms with Gasteiger partial charge in [0.25, 0.3) is 5.56 Å². The van der Waals surface area contributed by atoms with Crippen molar-refractivity contribution in [1.82, 2.24) is 15.2 Å². The fraction of sp³-hybridized carbons (Fsp3) is 0. The molecule has 8 heteroatoms. The molecule has 0 aliphatic carbocycles. The number of hydrazone groups is 1. The monoisotopic (exact) mass is 283 g/mol. The van der Waals surface area contributed by atoms with Gasteiger partial charge in [-0.05, 0) is 28.1 Å². The number of H-pyrrole nitrogens is 1. The molecule has 16 heavy (non-hydrogen) atoms. The Morgan fingerprint density at radius 3 is 3.12 bits per heavy atom. The summed E-state index contributed by atoms with van der Waals surface area (Å²) in [6.07, 6.45) is 2.51. The normalized spacial score (nSPS) is 10.8. The minimum atomic E-state index is -0.353. The largest absolute Gasteiger partial charge is 0.448 e. The number of hydrogen-bond acceptors (Lipinski definition) is 6. The predicted molar refractivity (Wildman–Crippen MR) is 60.3 cm³/mol. The second kappa shape index (κ2) is 4.71. The number of furan rings is 1. The van der Waals surface area contributed by atoms with Crippen LogP contribution in [0, 0.1) is 0 Å². The van der Waals surface area contributed by atoms with Gasteiger partial charge in [-0.1, -0.05) is 0 Å². The molecule has 0 bridgehead atoms. The zero-order chi connectivity index (χ0) is 11.4. The van der Waals surface area contributed by atoms with E-state index in [1.54, 1.807) is 12.1 Å². The summed E-state index contributed by atoms with van der Waals surface area (Å²) >= 11 is 3.16. The molecule has 2 N–H and O–H groups in total. The lowest BCUT2D eigenvalue weighted by molar-refractivity contribution is 0.534. The molecule has 2 aromatic rings. The number of halogens is 1. The van der Waals surface area contributed by atoms with Crippen molar-refractivity contribution >= 4 is 28.1 Å². The number of rotatable bonds is 3. The average molecular weight is 284 g/mol. The summed E-state index contributed by atoms with van der Waals surface area (Å²) in [7, 11) is 0. The molecule has 0 aromatic carbocycles. The third kappa shape index (κ3) is 2.76. The number of anilines is 1. The molecule has 0 spiro atoms. The Morgan fingerprint density at radius 1 is 1.56 bits per heavy atom. The second-order valence-corrected chi connectivity index (χ2v) is 3.48. The van der Waals surface area contributed by atoms with E-state index in [-0.39, 0.29) is 11.5 Å². The van der Waals surface area contributed by atoms with E-state index in [1.807, 2.05) is 0 Å². The predicted octanol–water partition coefficient (Wildman–Crippen LogP) is 0.966. The Balaban J connectivity index is 2.02. The smallest absolute Gasteiger partial charge is 0.271 e. The van der Waals surface area contributed by atoms with Crippen molar-refractivity contribution in [3.8, 4) is 0 Å². The van der Waals surface area contributed by atoms with Gasteiger partial charge in [-0.3, -0.25) is 9.78 Å². The standard InChI is InChI=1S/C8H6BrN5O2/c9-6-2-1-5(16-6)3-10-13-8-12-7(15)4-11-14-8/h1-4H,(H2,12,13,14,15)/b10-3+. The van der Waals surface area contributed by atoms with Gasteiger partial charge in [0, 0.05) is 0 Å². The summed E-state index contributed by atoms with van der Waals surface area (Å²) in [4.78, 5) is 13.3. The number of nitrogens with one attached hydrogen (secondary N) is 2. The number of aromatic nitrogens is 3. The molecule has 0 atom stereocenters. The second-order valence-electron chi connectivity index (χ2n) is 2.69. The summed E-state index contributed by atoms with van der Waals surface area (Å²) < 4.78 is 5.78. The van der Waals surface area contributed by atoms with Crippen LogP contribution in [0.3, 0.4) is 0 Å². The Hall–Kier alpha value is -1.96. The van der Waals surface area contributed by atoms with Crippen LogP contribution in [0.2, 0.25) is 0 Å². The van der Waals surface area contributed by atoms with Crippen LogP contribution in [-0.4, -0.2) is 21.4 Å². The fourth-order valence-electron chi connectivity index (χ4n) is 0.918. The first-order chi connectivity index (χ1) is 7.74. The summed E-state index contributed by atoms with van der Waals surface area (Å²) in [6, 6.07) is 3.47. The van der Waals surface area contributed by atoms with Crippen molar-refractivity contribution in [3.05, 3.63) is 39.1 Å².